The molecular formula is C9H15ClO3. The first-order valence-electron chi connectivity index (χ1n) is 4.38. The molecular weight excluding hydrogens is 192 g/mol. The highest BCUT2D eigenvalue weighted by atomic mass is 35.5. The molecule has 0 aliphatic heterocycles. The van der Waals surface area contributed by atoms with Gasteiger partial charge < -0.3 is 5.11 Å². The van der Waals surface area contributed by atoms with Gasteiger partial charge in [0.25, 0.3) is 0 Å². The van der Waals surface area contributed by atoms with E-state index in [-0.39, 0.29) is 11.7 Å². The van der Waals surface area contributed by atoms with Crippen LogP contribution in [0.1, 0.15) is 32.6 Å². The molecule has 1 atom stereocenters. The van der Waals surface area contributed by atoms with Gasteiger partial charge in [0.2, 0.25) is 0 Å². The first-order valence-corrected chi connectivity index (χ1v) is 4.92. The molecule has 13 heavy (non-hydrogen) atoms. The fourth-order valence-corrected chi connectivity index (χ4v) is 1.17. The van der Waals surface area contributed by atoms with E-state index in [1.807, 2.05) is 0 Å². The molecule has 0 aromatic rings. The summed E-state index contributed by atoms with van der Waals surface area (Å²) >= 11 is 5.37. The van der Waals surface area contributed by atoms with Crippen molar-refractivity contribution in [2.24, 2.45) is 5.92 Å². The Morgan fingerprint density at radius 1 is 1.38 bits per heavy atom. The molecule has 0 saturated carbocycles. The summed E-state index contributed by atoms with van der Waals surface area (Å²) in [5, 5.41) is 8.54. The van der Waals surface area contributed by atoms with Gasteiger partial charge in [-0.1, -0.05) is 6.92 Å². The Morgan fingerprint density at radius 2 is 2.00 bits per heavy atom. The lowest BCUT2D eigenvalue weighted by molar-refractivity contribution is -0.141. The highest BCUT2D eigenvalue weighted by Crippen LogP contribution is 2.08. The maximum atomic E-state index is 11.0. The van der Waals surface area contributed by atoms with Crippen LogP contribution in [-0.2, 0) is 9.59 Å². The number of carboxylic acid groups (broad SMARTS) is 1. The lowest BCUT2D eigenvalue weighted by Crippen LogP contribution is -2.10. The Kier molecular flexibility index (Phi) is 6.59. The number of Topliss-reactive ketones (excluding diaryl/α,β-unsaturated/α-hetero) is 1. The molecule has 0 aliphatic rings. The van der Waals surface area contributed by atoms with Crippen molar-refractivity contribution in [2.45, 2.75) is 32.6 Å². The minimum Gasteiger partial charge on any atom is -0.481 e. The van der Waals surface area contributed by atoms with Crippen molar-refractivity contribution in [1.29, 1.82) is 0 Å². The van der Waals surface area contributed by atoms with Gasteiger partial charge in [-0.05, 0) is 12.8 Å². The van der Waals surface area contributed by atoms with E-state index in [1.165, 1.54) is 0 Å². The number of hydrogen-bond donors (Lipinski definition) is 1. The standard InChI is InChI=1S/C9H15ClO3/c1-7(9(12)13)3-2-4-8(11)5-6-10/h7H,2-6H2,1H3,(H,12,13). The van der Waals surface area contributed by atoms with Gasteiger partial charge in [0, 0.05) is 18.7 Å². The molecule has 0 aromatic carbocycles. The van der Waals surface area contributed by atoms with Crippen molar-refractivity contribution < 1.29 is 14.7 Å². The molecule has 0 bridgehead atoms. The first-order chi connectivity index (χ1) is 6.07. The van der Waals surface area contributed by atoms with Gasteiger partial charge in [-0.2, -0.15) is 0 Å². The van der Waals surface area contributed by atoms with Crippen LogP contribution in [-0.4, -0.2) is 22.7 Å². The van der Waals surface area contributed by atoms with E-state index in [0.717, 1.165) is 0 Å². The SMILES string of the molecule is CC(CCCC(=O)CCCl)C(=O)O. The second kappa shape index (κ2) is 6.89. The molecule has 0 aromatic heterocycles. The van der Waals surface area contributed by atoms with Crippen molar-refractivity contribution in [2.75, 3.05) is 5.88 Å². The summed E-state index contributed by atoms with van der Waals surface area (Å²) in [6.07, 6.45) is 2.04. The number of alkyl halides is 1. The van der Waals surface area contributed by atoms with Gasteiger partial charge in [-0.3, -0.25) is 9.59 Å². The van der Waals surface area contributed by atoms with Crippen molar-refractivity contribution in [3.63, 3.8) is 0 Å². The van der Waals surface area contributed by atoms with Crippen molar-refractivity contribution >= 4 is 23.4 Å². The van der Waals surface area contributed by atoms with Crippen molar-refractivity contribution in [3.05, 3.63) is 0 Å². The Labute approximate surface area is 83.1 Å². The topological polar surface area (TPSA) is 54.4 Å². The van der Waals surface area contributed by atoms with E-state index in [4.69, 9.17) is 16.7 Å². The van der Waals surface area contributed by atoms with Gasteiger partial charge in [0.1, 0.15) is 5.78 Å². The zero-order valence-corrected chi connectivity index (χ0v) is 8.51. The minimum atomic E-state index is -0.801. The number of halogens is 1. The van der Waals surface area contributed by atoms with Crippen LogP contribution in [0.4, 0.5) is 0 Å². The van der Waals surface area contributed by atoms with Crippen molar-refractivity contribution in [1.82, 2.24) is 0 Å². The number of aliphatic carboxylic acids is 1. The molecule has 0 rings (SSSR count). The monoisotopic (exact) mass is 206 g/mol. The van der Waals surface area contributed by atoms with Crippen LogP contribution in [0.25, 0.3) is 0 Å². The van der Waals surface area contributed by atoms with Gasteiger partial charge in [0.05, 0.1) is 5.92 Å². The maximum Gasteiger partial charge on any atom is 0.306 e. The van der Waals surface area contributed by atoms with E-state index in [2.05, 4.69) is 0 Å². The molecule has 0 heterocycles. The van der Waals surface area contributed by atoms with E-state index in [1.54, 1.807) is 6.92 Å². The summed E-state index contributed by atoms with van der Waals surface area (Å²) in [7, 11) is 0. The molecule has 1 unspecified atom stereocenters. The molecule has 4 heteroatoms. The molecule has 0 aliphatic carbocycles. The Balaban J connectivity index is 3.44. The second-order valence-electron chi connectivity index (χ2n) is 3.11. The molecule has 76 valence electrons. The van der Waals surface area contributed by atoms with Gasteiger partial charge in [0.15, 0.2) is 0 Å². The zero-order valence-electron chi connectivity index (χ0n) is 7.75. The normalized spacial score (nSPS) is 12.5. The molecule has 0 fully saturated rings. The van der Waals surface area contributed by atoms with Crippen LogP contribution < -0.4 is 0 Å². The predicted molar refractivity (Wildman–Crippen MR) is 51.0 cm³/mol. The lowest BCUT2D eigenvalue weighted by Gasteiger charge is -2.04. The minimum absolute atomic E-state index is 0.118. The second-order valence-corrected chi connectivity index (χ2v) is 3.49. The zero-order chi connectivity index (χ0) is 10.3. The van der Waals surface area contributed by atoms with Gasteiger partial charge in [-0.15, -0.1) is 11.6 Å². The summed E-state index contributed by atoms with van der Waals surface area (Å²) in [4.78, 5) is 21.4. The number of rotatable bonds is 7. The highest BCUT2D eigenvalue weighted by Gasteiger charge is 2.10. The maximum absolute atomic E-state index is 11.0. The third-order valence-electron chi connectivity index (χ3n) is 1.89. The van der Waals surface area contributed by atoms with Crippen LogP contribution in [0.15, 0.2) is 0 Å². The molecule has 0 saturated heterocycles. The number of hydrogen-bond acceptors (Lipinski definition) is 2. The van der Waals surface area contributed by atoms with Crippen LogP contribution in [0.5, 0.6) is 0 Å². The third kappa shape index (κ3) is 6.58. The third-order valence-corrected chi connectivity index (χ3v) is 2.08. The average molecular weight is 207 g/mol. The number of ketones is 1. The highest BCUT2D eigenvalue weighted by molar-refractivity contribution is 6.19. The summed E-state index contributed by atoms with van der Waals surface area (Å²) in [6.45, 7) is 1.65. The Morgan fingerprint density at radius 3 is 2.46 bits per heavy atom. The summed E-state index contributed by atoms with van der Waals surface area (Å²) < 4.78 is 0. The van der Waals surface area contributed by atoms with Crippen LogP contribution in [0, 0.1) is 5.92 Å². The summed E-state index contributed by atoms with van der Waals surface area (Å²) in [5.41, 5.74) is 0. The van der Waals surface area contributed by atoms with E-state index in [0.29, 0.717) is 31.6 Å². The molecule has 1 N–H and O–H groups in total. The quantitative estimate of drug-likeness (QED) is 0.649. The smallest absolute Gasteiger partial charge is 0.306 e. The fraction of sp³-hybridized carbons (Fsp3) is 0.778. The van der Waals surface area contributed by atoms with E-state index in [9.17, 15) is 9.59 Å². The molecule has 3 nitrogen and oxygen atoms in total. The van der Waals surface area contributed by atoms with E-state index >= 15 is 0 Å². The largest absolute Gasteiger partial charge is 0.481 e. The van der Waals surface area contributed by atoms with Crippen LogP contribution in [0.3, 0.4) is 0 Å². The van der Waals surface area contributed by atoms with Gasteiger partial charge >= 0.3 is 5.97 Å². The molecule has 0 spiro atoms. The lowest BCUT2D eigenvalue weighted by atomic mass is 10.0. The fourth-order valence-electron chi connectivity index (χ4n) is 0.959. The Hall–Kier alpha value is -0.570. The summed E-state index contributed by atoms with van der Waals surface area (Å²) in [5.74, 6) is -0.686. The van der Waals surface area contributed by atoms with Gasteiger partial charge in [-0.25, -0.2) is 0 Å². The predicted octanol–water partition coefficient (Wildman–Crippen LogP) is 2.08. The molecule has 0 radical (unpaired) electrons. The number of carbonyl (C=O) groups is 2. The van der Waals surface area contributed by atoms with Crippen LogP contribution >= 0.6 is 11.6 Å². The van der Waals surface area contributed by atoms with E-state index < -0.39 is 5.97 Å². The molecule has 0 amide bonds. The Bertz CT molecular complexity index is 180. The number of carboxylic acids is 1. The summed E-state index contributed by atoms with van der Waals surface area (Å²) in [6, 6.07) is 0. The van der Waals surface area contributed by atoms with Crippen molar-refractivity contribution in [3.8, 4) is 0 Å². The van der Waals surface area contributed by atoms with Crippen LogP contribution in [0.2, 0.25) is 0 Å². The number of carbonyl (C=O) groups excluding carboxylic acids is 1. The average Bonchev–Trinajstić information content (AvgIpc) is 2.04. The first kappa shape index (κ1) is 12.4.